The Labute approximate surface area is 86.3 Å². The van der Waals surface area contributed by atoms with E-state index < -0.39 is 0 Å². The highest BCUT2D eigenvalue weighted by Gasteiger charge is 2.12. The summed E-state index contributed by atoms with van der Waals surface area (Å²) in [5.74, 6) is 0. The maximum absolute atomic E-state index is 5.80. The average Bonchev–Trinajstić information content (AvgIpc) is 2.13. The van der Waals surface area contributed by atoms with E-state index in [1.165, 1.54) is 0 Å². The molecule has 0 saturated carbocycles. The van der Waals surface area contributed by atoms with Gasteiger partial charge in [0.15, 0.2) is 0 Å². The van der Waals surface area contributed by atoms with E-state index in [1.54, 1.807) is 0 Å². The summed E-state index contributed by atoms with van der Waals surface area (Å²) in [6.07, 6.45) is 0. The normalized spacial score (nSPS) is 19.9. The molecule has 0 atom stereocenters. The Hall–Kier alpha value is -0.160. The smallest absolute Gasteiger partial charge is 0.0641 e. The van der Waals surface area contributed by atoms with Crippen LogP contribution in [-0.4, -0.2) is 56.5 Å². The van der Waals surface area contributed by atoms with E-state index >= 15 is 0 Å². The Bertz CT molecular complexity index is 151. The Morgan fingerprint density at radius 1 is 1.36 bits per heavy atom. The first-order chi connectivity index (χ1) is 6.58. The molecule has 0 radical (unpaired) electrons. The van der Waals surface area contributed by atoms with Crippen molar-refractivity contribution < 1.29 is 9.47 Å². The van der Waals surface area contributed by atoms with Gasteiger partial charge in [-0.05, 0) is 13.8 Å². The number of nitrogens with two attached hydrogens (primary N) is 1. The van der Waals surface area contributed by atoms with E-state index in [1.807, 2.05) is 13.8 Å². The fraction of sp³-hybridized carbons (Fsp3) is 1.00. The van der Waals surface area contributed by atoms with Crippen molar-refractivity contribution in [3.05, 3.63) is 0 Å². The summed E-state index contributed by atoms with van der Waals surface area (Å²) in [6.45, 7) is 10.1. The highest BCUT2D eigenvalue weighted by atomic mass is 16.5. The summed E-state index contributed by atoms with van der Waals surface area (Å²) >= 11 is 0. The van der Waals surface area contributed by atoms with E-state index in [2.05, 4.69) is 4.90 Å². The second-order valence-electron chi connectivity index (χ2n) is 4.50. The topological polar surface area (TPSA) is 47.7 Å². The Balaban J connectivity index is 1.97. The van der Waals surface area contributed by atoms with Gasteiger partial charge in [0.25, 0.3) is 0 Å². The van der Waals surface area contributed by atoms with Gasteiger partial charge in [-0.15, -0.1) is 0 Å². The highest BCUT2D eigenvalue weighted by molar-refractivity contribution is 4.70. The van der Waals surface area contributed by atoms with E-state index in [-0.39, 0.29) is 5.54 Å². The number of hydrogen-bond acceptors (Lipinski definition) is 4. The first-order valence-corrected chi connectivity index (χ1v) is 5.25. The third kappa shape index (κ3) is 5.54. The molecule has 1 rings (SSSR count). The zero-order chi connectivity index (χ0) is 10.4. The molecule has 14 heavy (non-hydrogen) atoms. The van der Waals surface area contributed by atoms with Gasteiger partial charge in [-0.25, -0.2) is 0 Å². The molecule has 0 aromatic heterocycles. The average molecular weight is 202 g/mol. The summed E-state index contributed by atoms with van der Waals surface area (Å²) in [6, 6.07) is 0. The molecule has 1 heterocycles. The van der Waals surface area contributed by atoms with Crippen molar-refractivity contribution in [2.24, 2.45) is 5.73 Å². The van der Waals surface area contributed by atoms with Crippen LogP contribution in [0.3, 0.4) is 0 Å². The van der Waals surface area contributed by atoms with E-state index in [4.69, 9.17) is 15.2 Å². The standard InChI is InChI=1S/C10H22N2O2/c1-10(2,11)9-14-8-5-12-3-6-13-7-4-12/h3-9,11H2,1-2H3. The number of morpholine rings is 1. The Morgan fingerprint density at radius 2 is 2.00 bits per heavy atom. The van der Waals surface area contributed by atoms with E-state index in [9.17, 15) is 0 Å². The molecule has 0 unspecified atom stereocenters. The maximum Gasteiger partial charge on any atom is 0.0641 e. The van der Waals surface area contributed by atoms with Crippen molar-refractivity contribution >= 4 is 0 Å². The molecule has 0 aliphatic carbocycles. The van der Waals surface area contributed by atoms with Crippen molar-refractivity contribution in [1.29, 1.82) is 0 Å². The number of hydrogen-bond donors (Lipinski definition) is 1. The Kier molecular flexibility index (Phi) is 4.81. The van der Waals surface area contributed by atoms with Crippen molar-refractivity contribution in [3.8, 4) is 0 Å². The van der Waals surface area contributed by atoms with Crippen molar-refractivity contribution in [2.75, 3.05) is 46.1 Å². The minimum atomic E-state index is -0.217. The van der Waals surface area contributed by atoms with Gasteiger partial charge in [-0.2, -0.15) is 0 Å². The van der Waals surface area contributed by atoms with Crippen LogP contribution in [0.4, 0.5) is 0 Å². The van der Waals surface area contributed by atoms with Gasteiger partial charge in [0.2, 0.25) is 0 Å². The van der Waals surface area contributed by atoms with Gasteiger partial charge in [0, 0.05) is 25.2 Å². The first-order valence-electron chi connectivity index (χ1n) is 5.25. The summed E-state index contributed by atoms with van der Waals surface area (Å²) in [7, 11) is 0. The van der Waals surface area contributed by atoms with Crippen LogP contribution in [0.5, 0.6) is 0 Å². The van der Waals surface area contributed by atoms with Gasteiger partial charge in [-0.3, -0.25) is 4.90 Å². The van der Waals surface area contributed by atoms with Crippen molar-refractivity contribution in [3.63, 3.8) is 0 Å². The van der Waals surface area contributed by atoms with Gasteiger partial charge >= 0.3 is 0 Å². The van der Waals surface area contributed by atoms with Crippen LogP contribution in [0.15, 0.2) is 0 Å². The van der Waals surface area contributed by atoms with E-state index in [0.29, 0.717) is 6.61 Å². The van der Waals surface area contributed by atoms with Crippen LogP contribution < -0.4 is 5.73 Å². The molecule has 1 saturated heterocycles. The maximum atomic E-state index is 5.80. The Morgan fingerprint density at radius 3 is 2.57 bits per heavy atom. The predicted molar refractivity (Wildman–Crippen MR) is 56.3 cm³/mol. The molecule has 1 aliphatic rings. The third-order valence-corrected chi connectivity index (χ3v) is 2.13. The second-order valence-corrected chi connectivity index (χ2v) is 4.50. The molecule has 0 spiro atoms. The van der Waals surface area contributed by atoms with Crippen molar-refractivity contribution in [2.45, 2.75) is 19.4 Å². The lowest BCUT2D eigenvalue weighted by molar-refractivity contribution is 0.0154. The minimum absolute atomic E-state index is 0.217. The van der Waals surface area contributed by atoms with Gasteiger partial charge in [-0.1, -0.05) is 0 Å². The minimum Gasteiger partial charge on any atom is -0.379 e. The number of nitrogens with zero attached hydrogens (tertiary/aromatic N) is 1. The summed E-state index contributed by atoms with van der Waals surface area (Å²) in [4.78, 5) is 2.35. The molecule has 0 aromatic carbocycles. The first kappa shape index (κ1) is 11.9. The zero-order valence-corrected chi connectivity index (χ0v) is 9.29. The van der Waals surface area contributed by atoms with Crippen LogP contribution in [0.2, 0.25) is 0 Å². The SMILES string of the molecule is CC(C)(N)COCCN1CCOCC1. The zero-order valence-electron chi connectivity index (χ0n) is 9.29. The van der Waals surface area contributed by atoms with Crippen LogP contribution in [-0.2, 0) is 9.47 Å². The second kappa shape index (κ2) is 5.66. The summed E-state index contributed by atoms with van der Waals surface area (Å²) in [5, 5.41) is 0. The molecule has 0 bridgehead atoms. The quantitative estimate of drug-likeness (QED) is 0.641. The summed E-state index contributed by atoms with van der Waals surface area (Å²) in [5.41, 5.74) is 5.58. The van der Waals surface area contributed by atoms with Gasteiger partial charge in [0.05, 0.1) is 26.4 Å². The molecule has 0 amide bonds. The molecular formula is C10H22N2O2. The molecular weight excluding hydrogens is 180 g/mol. The number of rotatable bonds is 5. The molecule has 1 aliphatic heterocycles. The van der Waals surface area contributed by atoms with Crippen LogP contribution in [0, 0.1) is 0 Å². The van der Waals surface area contributed by atoms with Crippen LogP contribution >= 0.6 is 0 Å². The highest BCUT2D eigenvalue weighted by Crippen LogP contribution is 1.99. The molecule has 1 fully saturated rings. The summed E-state index contributed by atoms with van der Waals surface area (Å²) < 4.78 is 10.8. The monoisotopic (exact) mass is 202 g/mol. The number of ether oxygens (including phenoxy) is 2. The lowest BCUT2D eigenvalue weighted by Gasteiger charge is -2.27. The predicted octanol–water partition coefficient (Wildman–Crippen LogP) is 0.0725. The fourth-order valence-electron chi connectivity index (χ4n) is 1.35. The molecule has 2 N–H and O–H groups in total. The molecule has 4 nitrogen and oxygen atoms in total. The fourth-order valence-corrected chi connectivity index (χ4v) is 1.35. The third-order valence-electron chi connectivity index (χ3n) is 2.13. The lowest BCUT2D eigenvalue weighted by atomic mass is 10.1. The lowest BCUT2D eigenvalue weighted by Crippen LogP contribution is -2.41. The van der Waals surface area contributed by atoms with Crippen molar-refractivity contribution in [1.82, 2.24) is 4.90 Å². The molecule has 0 aromatic rings. The molecule has 84 valence electrons. The van der Waals surface area contributed by atoms with Crippen LogP contribution in [0.1, 0.15) is 13.8 Å². The van der Waals surface area contributed by atoms with Gasteiger partial charge < -0.3 is 15.2 Å². The van der Waals surface area contributed by atoms with Crippen LogP contribution in [0.25, 0.3) is 0 Å². The van der Waals surface area contributed by atoms with E-state index in [0.717, 1.165) is 39.5 Å². The molecule has 4 heteroatoms. The largest absolute Gasteiger partial charge is 0.379 e. The van der Waals surface area contributed by atoms with Gasteiger partial charge in [0.1, 0.15) is 0 Å².